The quantitative estimate of drug-likeness (QED) is 0.360. The second kappa shape index (κ2) is 10.9. The molecule has 148 valence electrons. The summed E-state index contributed by atoms with van der Waals surface area (Å²) in [7, 11) is 1.81. The van der Waals surface area contributed by atoms with Crippen molar-refractivity contribution < 1.29 is 9.47 Å². The molecule has 1 saturated heterocycles. The lowest BCUT2D eigenvalue weighted by atomic mass is 10.0. The van der Waals surface area contributed by atoms with Gasteiger partial charge in [0, 0.05) is 63.7 Å². The fourth-order valence-corrected chi connectivity index (χ4v) is 3.42. The minimum atomic E-state index is 0.672. The summed E-state index contributed by atoms with van der Waals surface area (Å²) < 4.78 is 11.2. The summed E-state index contributed by atoms with van der Waals surface area (Å²) in [4.78, 5) is 7.62. The smallest absolute Gasteiger partial charge is 0.190 e. The van der Waals surface area contributed by atoms with Crippen LogP contribution in [0, 0.1) is 5.92 Å². The monoisotopic (exact) mass is 372 g/mol. The van der Waals surface area contributed by atoms with Gasteiger partial charge in [-0.3, -0.25) is 4.99 Å². The van der Waals surface area contributed by atoms with Gasteiger partial charge in [-0.05, 0) is 43.2 Å². The van der Waals surface area contributed by atoms with Crippen LogP contribution in [0.25, 0.3) is 10.9 Å². The molecule has 1 aromatic heterocycles. The van der Waals surface area contributed by atoms with Gasteiger partial charge in [0.2, 0.25) is 0 Å². The third-order valence-corrected chi connectivity index (χ3v) is 5.04. The summed E-state index contributed by atoms with van der Waals surface area (Å²) in [6.45, 7) is 5.13. The zero-order valence-electron chi connectivity index (χ0n) is 16.3. The molecule has 0 atom stereocenters. The van der Waals surface area contributed by atoms with E-state index in [0.29, 0.717) is 5.92 Å². The largest absolute Gasteiger partial charge is 0.381 e. The highest BCUT2D eigenvalue weighted by atomic mass is 16.5. The molecule has 3 N–H and O–H groups in total. The van der Waals surface area contributed by atoms with Crippen molar-refractivity contribution in [3.63, 3.8) is 0 Å². The van der Waals surface area contributed by atoms with E-state index < -0.39 is 0 Å². The van der Waals surface area contributed by atoms with Crippen molar-refractivity contribution in [3.05, 3.63) is 36.0 Å². The first-order chi connectivity index (χ1) is 13.4. The van der Waals surface area contributed by atoms with E-state index in [1.54, 1.807) is 0 Å². The predicted molar refractivity (Wildman–Crippen MR) is 110 cm³/mol. The minimum Gasteiger partial charge on any atom is -0.381 e. The molecule has 0 radical (unpaired) electrons. The zero-order chi connectivity index (χ0) is 18.7. The lowest BCUT2D eigenvalue weighted by molar-refractivity contribution is 0.0203. The Kier molecular flexibility index (Phi) is 7.99. The number of hydrogen-bond donors (Lipinski definition) is 3. The van der Waals surface area contributed by atoms with Gasteiger partial charge in [-0.2, -0.15) is 0 Å². The number of aromatic nitrogens is 1. The van der Waals surface area contributed by atoms with E-state index in [9.17, 15) is 0 Å². The normalized spacial score (nSPS) is 16.0. The van der Waals surface area contributed by atoms with Crippen LogP contribution in [0.15, 0.2) is 35.5 Å². The predicted octanol–water partition coefficient (Wildman–Crippen LogP) is 2.71. The van der Waals surface area contributed by atoms with Gasteiger partial charge < -0.3 is 25.1 Å². The summed E-state index contributed by atoms with van der Waals surface area (Å²) in [6, 6.07) is 8.41. The van der Waals surface area contributed by atoms with E-state index in [2.05, 4.69) is 51.1 Å². The maximum absolute atomic E-state index is 5.80. The number of aromatic amines is 1. The van der Waals surface area contributed by atoms with E-state index in [1.165, 1.54) is 16.5 Å². The maximum atomic E-state index is 5.80. The van der Waals surface area contributed by atoms with E-state index in [1.807, 2.05) is 7.05 Å². The molecular formula is C21H32N4O2. The Balaban J connectivity index is 1.27. The van der Waals surface area contributed by atoms with Gasteiger partial charge in [-0.25, -0.2) is 0 Å². The number of H-pyrrole nitrogens is 1. The average molecular weight is 373 g/mol. The molecule has 2 heterocycles. The number of para-hydroxylation sites is 1. The van der Waals surface area contributed by atoms with Crippen molar-refractivity contribution in [2.24, 2.45) is 10.9 Å². The highest BCUT2D eigenvalue weighted by Gasteiger charge is 2.13. The van der Waals surface area contributed by atoms with Gasteiger partial charge in [-0.15, -0.1) is 0 Å². The summed E-state index contributed by atoms with van der Waals surface area (Å²) in [6.07, 6.45) is 6.29. The van der Waals surface area contributed by atoms with E-state index >= 15 is 0 Å². The van der Waals surface area contributed by atoms with E-state index in [4.69, 9.17) is 9.47 Å². The molecule has 2 aromatic rings. The Morgan fingerprint density at radius 3 is 2.89 bits per heavy atom. The summed E-state index contributed by atoms with van der Waals surface area (Å²) in [5, 5.41) is 8.04. The second-order valence-electron chi connectivity index (χ2n) is 7.02. The molecule has 0 bridgehead atoms. The van der Waals surface area contributed by atoms with Crippen LogP contribution in [0.1, 0.15) is 24.8 Å². The first-order valence-electron chi connectivity index (χ1n) is 10.0. The van der Waals surface area contributed by atoms with Gasteiger partial charge >= 0.3 is 0 Å². The summed E-state index contributed by atoms with van der Waals surface area (Å²) >= 11 is 0. The molecule has 0 aliphatic carbocycles. The number of fused-ring (bicyclic) bond motifs is 1. The molecule has 0 unspecified atom stereocenters. The highest BCUT2D eigenvalue weighted by molar-refractivity contribution is 5.83. The van der Waals surface area contributed by atoms with Crippen molar-refractivity contribution in [2.75, 3.05) is 46.6 Å². The van der Waals surface area contributed by atoms with E-state index in [0.717, 1.165) is 71.2 Å². The van der Waals surface area contributed by atoms with Crippen molar-refractivity contribution in [1.29, 1.82) is 0 Å². The number of nitrogens with one attached hydrogen (secondary N) is 3. The minimum absolute atomic E-state index is 0.672. The van der Waals surface area contributed by atoms with Crippen LogP contribution in [-0.4, -0.2) is 57.5 Å². The van der Waals surface area contributed by atoms with Crippen molar-refractivity contribution in [2.45, 2.75) is 25.7 Å². The zero-order valence-corrected chi connectivity index (χ0v) is 16.3. The molecule has 0 saturated carbocycles. The number of guanidine groups is 1. The van der Waals surface area contributed by atoms with Gasteiger partial charge in [0.25, 0.3) is 0 Å². The molecule has 0 spiro atoms. The molecule has 6 heteroatoms. The number of hydrogen-bond acceptors (Lipinski definition) is 3. The third kappa shape index (κ3) is 6.26. The fraction of sp³-hybridized carbons (Fsp3) is 0.571. The number of benzene rings is 1. The second-order valence-corrected chi connectivity index (χ2v) is 7.02. The molecular weight excluding hydrogens is 340 g/mol. The van der Waals surface area contributed by atoms with Gasteiger partial charge in [0.1, 0.15) is 0 Å². The Labute approximate surface area is 161 Å². The van der Waals surface area contributed by atoms with Gasteiger partial charge in [0.15, 0.2) is 5.96 Å². The Bertz CT molecular complexity index is 707. The Morgan fingerprint density at radius 2 is 2.04 bits per heavy atom. The standard InChI is InChI=1S/C21H32N4O2/c1-22-21(23-10-4-12-27-16-17-8-13-26-14-9-17)24-11-7-18-15-25-20-6-3-2-5-19(18)20/h2-3,5-6,15,17,25H,4,7-14,16H2,1H3,(H2,22,23,24). The topological polar surface area (TPSA) is 70.7 Å². The van der Waals surface area contributed by atoms with Crippen LogP contribution in [-0.2, 0) is 15.9 Å². The Morgan fingerprint density at radius 1 is 1.22 bits per heavy atom. The Hall–Kier alpha value is -2.05. The summed E-state index contributed by atoms with van der Waals surface area (Å²) in [5.74, 6) is 1.52. The summed E-state index contributed by atoms with van der Waals surface area (Å²) in [5.41, 5.74) is 2.52. The lowest BCUT2D eigenvalue weighted by Gasteiger charge is -2.21. The SMILES string of the molecule is CN=C(NCCCOCC1CCOCC1)NCCc1c[nH]c2ccccc12. The van der Waals surface area contributed by atoms with E-state index in [-0.39, 0.29) is 0 Å². The lowest BCUT2D eigenvalue weighted by Crippen LogP contribution is -2.39. The molecule has 1 fully saturated rings. The number of ether oxygens (including phenoxy) is 2. The van der Waals surface area contributed by atoms with Crippen LogP contribution in [0.5, 0.6) is 0 Å². The number of aliphatic imine (C=N–C) groups is 1. The van der Waals surface area contributed by atoms with Crippen LogP contribution < -0.4 is 10.6 Å². The van der Waals surface area contributed by atoms with Crippen LogP contribution in [0.3, 0.4) is 0 Å². The molecule has 1 aliphatic rings. The molecule has 0 amide bonds. The van der Waals surface area contributed by atoms with Crippen LogP contribution in [0.2, 0.25) is 0 Å². The maximum Gasteiger partial charge on any atom is 0.190 e. The third-order valence-electron chi connectivity index (χ3n) is 5.04. The molecule has 1 aliphatic heterocycles. The first-order valence-corrected chi connectivity index (χ1v) is 10.0. The van der Waals surface area contributed by atoms with Crippen LogP contribution in [0.4, 0.5) is 0 Å². The fourth-order valence-electron chi connectivity index (χ4n) is 3.42. The highest BCUT2D eigenvalue weighted by Crippen LogP contribution is 2.17. The van der Waals surface area contributed by atoms with Crippen molar-refractivity contribution >= 4 is 16.9 Å². The molecule has 27 heavy (non-hydrogen) atoms. The number of rotatable bonds is 9. The number of nitrogens with zero attached hydrogens (tertiary/aromatic N) is 1. The van der Waals surface area contributed by atoms with Gasteiger partial charge in [0.05, 0.1) is 0 Å². The average Bonchev–Trinajstić information content (AvgIpc) is 3.13. The molecule has 6 nitrogen and oxygen atoms in total. The first kappa shape index (κ1) is 19.7. The van der Waals surface area contributed by atoms with Crippen molar-refractivity contribution in [1.82, 2.24) is 15.6 Å². The van der Waals surface area contributed by atoms with Crippen molar-refractivity contribution in [3.8, 4) is 0 Å². The molecule has 1 aromatic carbocycles. The molecule has 3 rings (SSSR count). The van der Waals surface area contributed by atoms with Crippen LogP contribution >= 0.6 is 0 Å². The van der Waals surface area contributed by atoms with Gasteiger partial charge in [-0.1, -0.05) is 18.2 Å².